The van der Waals surface area contributed by atoms with E-state index in [-0.39, 0.29) is 11.1 Å². The van der Waals surface area contributed by atoms with Crippen molar-refractivity contribution < 1.29 is 4.39 Å². The lowest BCUT2D eigenvalue weighted by Gasteiger charge is -2.12. The third-order valence-corrected chi connectivity index (χ3v) is 3.36. The minimum atomic E-state index is -0.240. The Morgan fingerprint density at radius 3 is 3.00 bits per heavy atom. The molecule has 2 aromatic rings. The van der Waals surface area contributed by atoms with Crippen molar-refractivity contribution >= 4 is 11.8 Å². The molecule has 1 aromatic heterocycles. The second-order valence-corrected chi connectivity index (χ2v) is 4.48. The summed E-state index contributed by atoms with van der Waals surface area (Å²) >= 11 is 1.50. The molecule has 0 aliphatic rings. The summed E-state index contributed by atoms with van der Waals surface area (Å²) in [4.78, 5) is 7.10. The second kappa shape index (κ2) is 5.14. The highest BCUT2D eigenvalue weighted by molar-refractivity contribution is 7.99. The van der Waals surface area contributed by atoms with Crippen molar-refractivity contribution in [3.63, 3.8) is 0 Å². The number of rotatable bonds is 4. The van der Waals surface area contributed by atoms with Crippen molar-refractivity contribution in [1.82, 2.24) is 9.97 Å². The molecule has 0 saturated carbocycles. The maximum Gasteiger partial charge on any atom is 0.165 e. The molecule has 0 bridgehead atoms. The van der Waals surface area contributed by atoms with E-state index in [0.717, 1.165) is 10.7 Å². The normalized spacial score (nSPS) is 12.6. The van der Waals surface area contributed by atoms with Gasteiger partial charge in [-0.2, -0.15) is 0 Å². The summed E-state index contributed by atoms with van der Waals surface area (Å²) in [7, 11) is 0. The van der Waals surface area contributed by atoms with Crippen LogP contribution in [0.1, 0.15) is 10.8 Å². The monoisotopic (exact) mass is 237 g/mol. The van der Waals surface area contributed by atoms with Gasteiger partial charge < -0.3 is 10.7 Å². The Hall–Kier alpha value is -1.33. The lowest BCUT2D eigenvalue weighted by molar-refractivity contribution is 0.625. The Kier molecular flexibility index (Phi) is 3.58. The predicted molar refractivity (Wildman–Crippen MR) is 62.6 cm³/mol. The van der Waals surface area contributed by atoms with Crippen LogP contribution in [0.5, 0.6) is 0 Å². The first-order chi connectivity index (χ1) is 7.79. The highest BCUT2D eigenvalue weighted by Gasteiger charge is 2.13. The average Bonchev–Trinajstić information content (AvgIpc) is 2.78. The van der Waals surface area contributed by atoms with Crippen LogP contribution in [0.25, 0.3) is 0 Å². The van der Waals surface area contributed by atoms with E-state index in [2.05, 4.69) is 9.97 Å². The van der Waals surface area contributed by atoms with Gasteiger partial charge in [0.15, 0.2) is 5.16 Å². The number of nitrogens with one attached hydrogen (secondary N) is 1. The van der Waals surface area contributed by atoms with Crippen molar-refractivity contribution in [1.29, 1.82) is 0 Å². The van der Waals surface area contributed by atoms with Gasteiger partial charge in [-0.05, 0) is 17.7 Å². The molecule has 84 valence electrons. The van der Waals surface area contributed by atoms with Crippen LogP contribution < -0.4 is 5.73 Å². The summed E-state index contributed by atoms with van der Waals surface area (Å²) < 4.78 is 13.1. The van der Waals surface area contributed by atoms with E-state index < -0.39 is 0 Å². The molecule has 16 heavy (non-hydrogen) atoms. The number of nitrogens with zero attached hydrogens (tertiary/aromatic N) is 1. The molecular weight excluding hydrogens is 225 g/mol. The number of H-pyrrole nitrogens is 1. The molecule has 2 rings (SSSR count). The van der Waals surface area contributed by atoms with E-state index in [1.807, 2.05) is 6.07 Å². The van der Waals surface area contributed by atoms with Gasteiger partial charge in [0.05, 0.1) is 0 Å². The lowest BCUT2D eigenvalue weighted by Crippen LogP contribution is -2.09. The molecular formula is C11H12FN3S. The molecule has 0 spiro atoms. The molecule has 0 fully saturated rings. The number of hydrogen-bond donors (Lipinski definition) is 2. The molecule has 0 radical (unpaired) electrons. The highest BCUT2D eigenvalue weighted by Crippen LogP contribution is 2.32. The van der Waals surface area contributed by atoms with Crippen molar-refractivity contribution in [3.8, 4) is 0 Å². The molecule has 1 unspecified atom stereocenters. The number of hydrogen-bond acceptors (Lipinski definition) is 3. The first-order valence-corrected chi connectivity index (χ1v) is 5.79. The standard InChI is InChI=1S/C11H12FN3S/c12-9-3-1-2-8(6-9)10(7-13)16-11-14-4-5-15-11/h1-6,10H,7,13H2,(H,14,15). The summed E-state index contributed by atoms with van der Waals surface area (Å²) in [6.45, 7) is 0.439. The lowest BCUT2D eigenvalue weighted by atomic mass is 10.1. The van der Waals surface area contributed by atoms with Gasteiger partial charge in [-0.3, -0.25) is 0 Å². The smallest absolute Gasteiger partial charge is 0.165 e. The molecule has 1 aromatic carbocycles. The molecule has 0 aliphatic heterocycles. The molecule has 3 nitrogen and oxygen atoms in total. The van der Waals surface area contributed by atoms with Crippen LogP contribution in [0.3, 0.4) is 0 Å². The number of halogens is 1. The fraction of sp³-hybridized carbons (Fsp3) is 0.182. The highest BCUT2D eigenvalue weighted by atomic mass is 32.2. The van der Waals surface area contributed by atoms with Crippen LogP contribution in [-0.2, 0) is 0 Å². The van der Waals surface area contributed by atoms with E-state index in [0.29, 0.717) is 6.54 Å². The van der Waals surface area contributed by atoms with Crippen LogP contribution >= 0.6 is 11.8 Å². The zero-order chi connectivity index (χ0) is 11.4. The summed E-state index contributed by atoms with van der Waals surface area (Å²) in [6, 6.07) is 6.49. The third kappa shape index (κ3) is 2.62. The third-order valence-electron chi connectivity index (χ3n) is 2.16. The number of nitrogens with two attached hydrogens (primary N) is 1. The Balaban J connectivity index is 2.16. The van der Waals surface area contributed by atoms with Gasteiger partial charge in [0.25, 0.3) is 0 Å². The summed E-state index contributed by atoms with van der Waals surface area (Å²) in [5.41, 5.74) is 6.57. The van der Waals surface area contributed by atoms with Gasteiger partial charge in [0, 0.05) is 24.2 Å². The molecule has 0 aliphatic carbocycles. The van der Waals surface area contributed by atoms with Crippen LogP contribution in [-0.4, -0.2) is 16.5 Å². The number of aromatic amines is 1. The summed E-state index contributed by atoms with van der Waals surface area (Å²) in [5, 5.41) is 0.807. The van der Waals surface area contributed by atoms with E-state index >= 15 is 0 Å². The average molecular weight is 237 g/mol. The van der Waals surface area contributed by atoms with Crippen LogP contribution in [0.15, 0.2) is 41.8 Å². The maximum absolute atomic E-state index is 13.1. The predicted octanol–water partition coefficient (Wildman–Crippen LogP) is 2.34. The van der Waals surface area contributed by atoms with Gasteiger partial charge >= 0.3 is 0 Å². The molecule has 1 heterocycles. The Morgan fingerprint density at radius 2 is 2.38 bits per heavy atom. The Bertz CT molecular complexity index is 444. The molecule has 1 atom stereocenters. The van der Waals surface area contributed by atoms with Gasteiger partial charge in [0.2, 0.25) is 0 Å². The van der Waals surface area contributed by atoms with E-state index in [9.17, 15) is 4.39 Å². The number of thioether (sulfide) groups is 1. The minimum Gasteiger partial charge on any atom is -0.340 e. The van der Waals surface area contributed by atoms with Crippen LogP contribution in [0, 0.1) is 5.82 Å². The van der Waals surface area contributed by atoms with Crippen molar-refractivity contribution in [2.24, 2.45) is 5.73 Å². The SMILES string of the molecule is NCC(Sc1ncc[nH]1)c1cccc(F)c1. The van der Waals surface area contributed by atoms with Crippen molar-refractivity contribution in [2.75, 3.05) is 6.54 Å². The maximum atomic E-state index is 13.1. The zero-order valence-corrected chi connectivity index (χ0v) is 9.38. The van der Waals surface area contributed by atoms with Crippen LogP contribution in [0.2, 0.25) is 0 Å². The van der Waals surface area contributed by atoms with E-state index in [1.54, 1.807) is 18.5 Å². The molecule has 3 N–H and O–H groups in total. The molecule has 0 saturated heterocycles. The van der Waals surface area contributed by atoms with Crippen molar-refractivity contribution in [3.05, 3.63) is 48.0 Å². The second-order valence-electron chi connectivity index (χ2n) is 3.29. The Labute approximate surface area is 97.3 Å². The number of imidazole rings is 1. The van der Waals surface area contributed by atoms with E-state index in [1.165, 1.54) is 23.9 Å². The number of aromatic nitrogens is 2. The van der Waals surface area contributed by atoms with Gasteiger partial charge in [-0.25, -0.2) is 9.37 Å². The molecule has 0 amide bonds. The summed E-state index contributed by atoms with van der Waals surface area (Å²) in [5.74, 6) is -0.240. The fourth-order valence-corrected chi connectivity index (χ4v) is 2.32. The minimum absolute atomic E-state index is 0.0156. The summed E-state index contributed by atoms with van der Waals surface area (Å²) in [6.07, 6.45) is 3.43. The topological polar surface area (TPSA) is 54.7 Å². The van der Waals surface area contributed by atoms with E-state index in [4.69, 9.17) is 5.73 Å². The Morgan fingerprint density at radius 1 is 1.50 bits per heavy atom. The van der Waals surface area contributed by atoms with Gasteiger partial charge in [0.1, 0.15) is 5.82 Å². The number of benzene rings is 1. The zero-order valence-electron chi connectivity index (χ0n) is 8.56. The van der Waals surface area contributed by atoms with Gasteiger partial charge in [-0.15, -0.1) is 0 Å². The van der Waals surface area contributed by atoms with Gasteiger partial charge in [-0.1, -0.05) is 23.9 Å². The largest absolute Gasteiger partial charge is 0.340 e. The first kappa shape index (κ1) is 11.2. The first-order valence-electron chi connectivity index (χ1n) is 4.91. The molecule has 5 heteroatoms. The van der Waals surface area contributed by atoms with Crippen molar-refractivity contribution in [2.45, 2.75) is 10.4 Å². The fourth-order valence-electron chi connectivity index (χ4n) is 1.41. The van der Waals surface area contributed by atoms with Crippen LogP contribution in [0.4, 0.5) is 4.39 Å². The quantitative estimate of drug-likeness (QED) is 0.802.